The van der Waals surface area contributed by atoms with Gasteiger partial charge in [0.05, 0.1) is 12.3 Å². The van der Waals surface area contributed by atoms with Crippen LogP contribution < -0.4 is 4.72 Å². The molecule has 0 spiro atoms. The molecule has 0 saturated carbocycles. The number of aliphatic hydroxyl groups is 1. The number of hydrogen-bond acceptors (Lipinski definition) is 4. The third-order valence-electron chi connectivity index (χ3n) is 2.62. The Labute approximate surface area is 123 Å². The number of H-pyrrole nitrogens is 1. The van der Waals surface area contributed by atoms with E-state index in [4.69, 9.17) is 0 Å². The van der Waals surface area contributed by atoms with Crippen LogP contribution in [0.1, 0.15) is 11.3 Å². The maximum absolute atomic E-state index is 13.6. The van der Waals surface area contributed by atoms with Crippen LogP contribution >= 0.6 is 15.9 Å². The SMILES string of the molecule is Cc1[nH]nc(S(=O)(=O)Nc2ccc(Br)cc2F)c1CO. The van der Waals surface area contributed by atoms with E-state index >= 15 is 0 Å². The first-order valence-corrected chi connectivity index (χ1v) is 7.75. The third kappa shape index (κ3) is 2.84. The predicted molar refractivity (Wildman–Crippen MR) is 74.2 cm³/mol. The fourth-order valence-electron chi connectivity index (χ4n) is 1.60. The second-order valence-electron chi connectivity index (χ2n) is 4.02. The molecule has 2 rings (SSSR count). The molecule has 0 amide bonds. The van der Waals surface area contributed by atoms with Gasteiger partial charge in [-0.25, -0.2) is 4.39 Å². The minimum Gasteiger partial charge on any atom is -0.392 e. The molecule has 0 unspecified atom stereocenters. The molecular weight excluding hydrogens is 353 g/mol. The summed E-state index contributed by atoms with van der Waals surface area (Å²) in [7, 11) is -4.08. The zero-order chi connectivity index (χ0) is 14.9. The number of nitrogens with zero attached hydrogens (tertiary/aromatic N) is 1. The number of aromatic amines is 1. The van der Waals surface area contributed by atoms with E-state index in [1.807, 2.05) is 0 Å². The number of aliphatic hydroxyl groups excluding tert-OH is 1. The normalized spacial score (nSPS) is 11.6. The molecule has 3 N–H and O–H groups in total. The van der Waals surface area contributed by atoms with Crippen LogP contribution in [0.15, 0.2) is 27.7 Å². The molecule has 6 nitrogen and oxygen atoms in total. The van der Waals surface area contributed by atoms with Crippen LogP contribution in [0.5, 0.6) is 0 Å². The maximum atomic E-state index is 13.6. The van der Waals surface area contributed by atoms with Gasteiger partial charge in [-0.2, -0.15) is 13.5 Å². The Bertz CT molecular complexity index is 745. The van der Waals surface area contributed by atoms with Gasteiger partial charge >= 0.3 is 0 Å². The van der Waals surface area contributed by atoms with Gasteiger partial charge in [0.2, 0.25) is 5.03 Å². The number of rotatable bonds is 4. The lowest BCUT2D eigenvalue weighted by atomic mass is 10.3. The fourth-order valence-corrected chi connectivity index (χ4v) is 3.20. The van der Waals surface area contributed by atoms with E-state index in [2.05, 4.69) is 30.8 Å². The topological polar surface area (TPSA) is 95.1 Å². The molecule has 0 atom stereocenters. The zero-order valence-electron chi connectivity index (χ0n) is 10.3. The summed E-state index contributed by atoms with van der Waals surface area (Å²) in [5, 5.41) is 14.9. The summed E-state index contributed by atoms with van der Waals surface area (Å²) < 4.78 is 40.5. The summed E-state index contributed by atoms with van der Waals surface area (Å²) in [6, 6.07) is 3.93. The Balaban J connectivity index is 2.41. The number of nitrogens with one attached hydrogen (secondary N) is 2. The number of sulfonamides is 1. The van der Waals surface area contributed by atoms with Gasteiger partial charge in [0, 0.05) is 15.7 Å². The average molecular weight is 364 g/mol. The van der Waals surface area contributed by atoms with Crippen LogP contribution in [0.25, 0.3) is 0 Å². The summed E-state index contributed by atoms with van der Waals surface area (Å²) in [5.41, 5.74) is 0.386. The number of benzene rings is 1. The molecule has 20 heavy (non-hydrogen) atoms. The molecule has 1 heterocycles. The van der Waals surface area contributed by atoms with Gasteiger partial charge in [-0.3, -0.25) is 9.82 Å². The highest BCUT2D eigenvalue weighted by Crippen LogP contribution is 2.24. The van der Waals surface area contributed by atoms with Crippen molar-refractivity contribution in [3.05, 3.63) is 39.7 Å². The molecule has 108 valence electrons. The Morgan fingerprint density at radius 3 is 2.80 bits per heavy atom. The van der Waals surface area contributed by atoms with Crippen molar-refractivity contribution in [1.82, 2.24) is 10.2 Å². The summed E-state index contributed by atoms with van der Waals surface area (Å²) in [6.45, 7) is 1.10. The van der Waals surface area contributed by atoms with Gasteiger partial charge in [-0.05, 0) is 25.1 Å². The van der Waals surface area contributed by atoms with Crippen molar-refractivity contribution in [2.45, 2.75) is 18.6 Å². The Morgan fingerprint density at radius 2 is 2.20 bits per heavy atom. The quantitative estimate of drug-likeness (QED) is 0.773. The highest BCUT2D eigenvalue weighted by Gasteiger charge is 2.24. The van der Waals surface area contributed by atoms with Crippen LogP contribution in [0, 0.1) is 12.7 Å². The molecule has 2 aromatic rings. The number of hydrogen-bond donors (Lipinski definition) is 3. The summed E-state index contributed by atoms with van der Waals surface area (Å²) in [5.74, 6) is -0.722. The van der Waals surface area contributed by atoms with Crippen molar-refractivity contribution in [2.75, 3.05) is 4.72 Å². The first-order chi connectivity index (χ1) is 9.35. The highest BCUT2D eigenvalue weighted by atomic mass is 79.9. The van der Waals surface area contributed by atoms with Crippen molar-refractivity contribution < 1.29 is 17.9 Å². The van der Waals surface area contributed by atoms with Gasteiger partial charge in [0.15, 0.2) is 0 Å². The Morgan fingerprint density at radius 1 is 1.50 bits per heavy atom. The van der Waals surface area contributed by atoms with Gasteiger partial charge < -0.3 is 5.11 Å². The molecule has 0 aliphatic heterocycles. The van der Waals surface area contributed by atoms with E-state index in [-0.39, 0.29) is 16.3 Å². The molecule has 1 aromatic heterocycles. The molecule has 0 bridgehead atoms. The molecule has 0 aliphatic rings. The number of halogens is 2. The van der Waals surface area contributed by atoms with Crippen molar-refractivity contribution in [2.24, 2.45) is 0 Å². The molecular formula is C11H11BrFN3O3S. The molecule has 0 saturated heterocycles. The van der Waals surface area contributed by atoms with Crippen molar-refractivity contribution >= 4 is 31.6 Å². The highest BCUT2D eigenvalue weighted by molar-refractivity contribution is 9.10. The lowest BCUT2D eigenvalue weighted by Gasteiger charge is -2.08. The van der Waals surface area contributed by atoms with Gasteiger partial charge in [-0.1, -0.05) is 15.9 Å². The number of anilines is 1. The summed E-state index contributed by atoms with van der Waals surface area (Å²) in [4.78, 5) is 0. The monoisotopic (exact) mass is 363 g/mol. The Hall–Kier alpha value is -1.45. The summed E-state index contributed by atoms with van der Waals surface area (Å²) >= 11 is 3.08. The average Bonchev–Trinajstić information content (AvgIpc) is 2.74. The largest absolute Gasteiger partial charge is 0.392 e. The van der Waals surface area contributed by atoms with Crippen LogP contribution in [0.3, 0.4) is 0 Å². The van der Waals surface area contributed by atoms with E-state index in [1.165, 1.54) is 12.1 Å². The predicted octanol–water partition coefficient (Wildman–Crippen LogP) is 1.91. The minimum atomic E-state index is -4.08. The van der Waals surface area contributed by atoms with Crippen molar-refractivity contribution in [1.29, 1.82) is 0 Å². The molecule has 0 aliphatic carbocycles. The summed E-state index contributed by atoms with van der Waals surface area (Å²) in [6.07, 6.45) is 0. The minimum absolute atomic E-state index is 0.148. The number of aromatic nitrogens is 2. The lowest BCUT2D eigenvalue weighted by Crippen LogP contribution is -2.16. The van der Waals surface area contributed by atoms with E-state index < -0.39 is 22.4 Å². The molecule has 9 heteroatoms. The van der Waals surface area contributed by atoms with Crippen LogP contribution in [-0.2, 0) is 16.6 Å². The van der Waals surface area contributed by atoms with Crippen LogP contribution in [0.2, 0.25) is 0 Å². The second kappa shape index (κ2) is 5.51. The van der Waals surface area contributed by atoms with Crippen molar-refractivity contribution in [3.8, 4) is 0 Å². The van der Waals surface area contributed by atoms with Gasteiger partial charge in [0.1, 0.15) is 5.82 Å². The van der Waals surface area contributed by atoms with Gasteiger partial charge in [-0.15, -0.1) is 0 Å². The first-order valence-electron chi connectivity index (χ1n) is 5.47. The van der Waals surface area contributed by atoms with Crippen LogP contribution in [-0.4, -0.2) is 23.7 Å². The smallest absolute Gasteiger partial charge is 0.281 e. The van der Waals surface area contributed by atoms with E-state index in [9.17, 15) is 17.9 Å². The standard InChI is InChI=1S/C11H11BrFN3O3S/c1-6-8(5-17)11(15-14-6)20(18,19)16-10-3-2-7(12)4-9(10)13/h2-4,16-17H,5H2,1H3,(H,14,15). The fraction of sp³-hybridized carbons (Fsp3) is 0.182. The van der Waals surface area contributed by atoms with E-state index in [0.717, 1.165) is 6.07 Å². The maximum Gasteiger partial charge on any atom is 0.281 e. The third-order valence-corrected chi connectivity index (χ3v) is 4.45. The van der Waals surface area contributed by atoms with Gasteiger partial charge in [0.25, 0.3) is 10.0 Å². The number of aryl methyl sites for hydroxylation is 1. The van der Waals surface area contributed by atoms with Crippen molar-refractivity contribution in [3.63, 3.8) is 0 Å². The molecule has 0 radical (unpaired) electrons. The second-order valence-corrected chi connectivity index (χ2v) is 6.53. The molecule has 1 aromatic carbocycles. The van der Waals surface area contributed by atoms with Crippen LogP contribution in [0.4, 0.5) is 10.1 Å². The lowest BCUT2D eigenvalue weighted by molar-refractivity contribution is 0.277. The molecule has 0 fully saturated rings. The van der Waals surface area contributed by atoms with E-state index in [0.29, 0.717) is 10.2 Å². The Kier molecular flexibility index (Phi) is 4.11. The van der Waals surface area contributed by atoms with E-state index in [1.54, 1.807) is 6.92 Å². The first kappa shape index (κ1) is 14.9. The zero-order valence-corrected chi connectivity index (χ0v) is 12.7.